The van der Waals surface area contributed by atoms with Crippen LogP contribution in [-0.4, -0.2) is 69.5 Å². The van der Waals surface area contributed by atoms with Crippen LogP contribution in [-0.2, 0) is 76.7 Å². The lowest BCUT2D eigenvalue weighted by Gasteiger charge is -2.24. The number of amides is 2. The van der Waals surface area contributed by atoms with E-state index in [9.17, 15) is 37.9 Å². The normalized spacial score (nSPS) is 12.1. The molecular weight excluding hydrogens is 1030 g/mol. The number of hydrogen-bond acceptors (Lipinski definition) is 20. The zero-order valence-corrected chi connectivity index (χ0v) is 46.3. The lowest BCUT2D eigenvalue weighted by atomic mass is 9.98. The van der Waals surface area contributed by atoms with Gasteiger partial charge in [-0.2, -0.15) is 0 Å². The molecule has 4 aromatic rings. The minimum atomic E-state index is -5.08. The Morgan fingerprint density at radius 3 is 1.32 bits per heavy atom. The van der Waals surface area contributed by atoms with Crippen molar-refractivity contribution in [3.05, 3.63) is 108 Å². The van der Waals surface area contributed by atoms with Crippen molar-refractivity contribution in [2.45, 2.75) is 89.6 Å². The third kappa shape index (κ3) is 21.1. The number of hydrogen-bond donors (Lipinski definition) is 2. The van der Waals surface area contributed by atoms with Crippen molar-refractivity contribution < 1.29 is 93.5 Å². The monoisotopic (exact) mass is 1100 g/mol. The second kappa shape index (κ2) is 26.8. The van der Waals surface area contributed by atoms with Gasteiger partial charge in [0.1, 0.15) is 17.2 Å². The van der Waals surface area contributed by atoms with E-state index in [2.05, 4.69) is 10.6 Å². The number of rotatable bonds is 25. The van der Waals surface area contributed by atoms with Crippen LogP contribution in [0, 0.1) is 21.7 Å². The second-order valence-electron chi connectivity index (χ2n) is 20.6. The summed E-state index contributed by atoms with van der Waals surface area (Å²) in [5.74, 6) is -3.73. The maximum atomic E-state index is 14.4. The predicted octanol–water partition coefficient (Wildman–Crippen LogP) is 10.7. The van der Waals surface area contributed by atoms with Crippen LogP contribution in [0.2, 0.25) is 0 Å². The molecule has 0 saturated carbocycles. The van der Waals surface area contributed by atoms with E-state index in [1.54, 1.807) is 107 Å². The molecule has 0 spiro atoms. The number of carbonyl (C=O) groups is 6. The Bertz CT molecular complexity index is 2650. The molecule has 0 fully saturated rings. The fourth-order valence-electron chi connectivity index (χ4n) is 5.21. The molecule has 0 atom stereocenters. The number of benzene rings is 4. The van der Waals surface area contributed by atoms with Crippen molar-refractivity contribution >= 4 is 57.0 Å². The maximum Gasteiger partial charge on any atom is 0.536 e. The number of ether oxygens (including phenoxy) is 6. The fraction of sp³-hybridized carbons (Fsp3) is 0.423. The van der Waals surface area contributed by atoms with Crippen LogP contribution >= 0.6 is 15.6 Å². The first-order chi connectivity index (χ1) is 35.3. The lowest BCUT2D eigenvalue weighted by Crippen LogP contribution is -2.28. The second-order valence-corrected chi connectivity index (χ2v) is 23.7. The third-order valence-corrected chi connectivity index (χ3v) is 12.1. The largest absolute Gasteiger partial charge is 0.536 e. The summed E-state index contributed by atoms with van der Waals surface area (Å²) >= 11 is 0. The van der Waals surface area contributed by atoms with Crippen molar-refractivity contribution in [3.8, 4) is 28.7 Å². The first-order valence-electron chi connectivity index (χ1n) is 23.5. The van der Waals surface area contributed by atoms with Gasteiger partial charge in [0, 0.05) is 17.8 Å². The van der Waals surface area contributed by atoms with Crippen LogP contribution in [0.1, 0.15) is 99.0 Å². The average molecular weight is 1100 g/mol. The van der Waals surface area contributed by atoms with E-state index in [0.29, 0.717) is 22.7 Å². The fourth-order valence-corrected chi connectivity index (χ4v) is 7.07. The van der Waals surface area contributed by atoms with E-state index in [4.69, 9.17) is 55.6 Å². The average Bonchev–Trinajstić information content (AvgIpc) is 3.33. The molecule has 4 rings (SSSR count). The number of esters is 4. The SMILES string of the molecule is CC(C)(C)C(=O)OCOP(=O)(OCOC(=O)C(C)(C)C)Oc1ccc(CNC(=O)COc2ccc(C(=O)Nc3ccc(Oc4ccccc4)cc3)cc2)cc1OP(=O)(OCOC(=O)C(C)(C)C)OCOC(=O)C(C)(C)C. The molecule has 0 unspecified atom stereocenters. The zero-order chi connectivity index (χ0) is 56.5. The summed E-state index contributed by atoms with van der Waals surface area (Å²) in [6.07, 6.45) is 0. The highest BCUT2D eigenvalue weighted by Gasteiger charge is 2.38. The van der Waals surface area contributed by atoms with Crippen molar-refractivity contribution in [1.82, 2.24) is 5.32 Å². The molecule has 414 valence electrons. The molecule has 0 saturated heterocycles. The summed E-state index contributed by atoms with van der Waals surface area (Å²) in [6, 6.07) is 25.8. The van der Waals surface area contributed by atoms with Crippen molar-refractivity contribution in [2.24, 2.45) is 21.7 Å². The summed E-state index contributed by atoms with van der Waals surface area (Å²) in [5.41, 5.74) is -3.02. The van der Waals surface area contributed by atoms with Gasteiger partial charge in [-0.15, -0.1) is 0 Å². The molecule has 24 heteroatoms. The molecular formula is C52H66N2O20P2. The first kappa shape index (κ1) is 61.7. The summed E-state index contributed by atoms with van der Waals surface area (Å²) < 4.78 is 93.3. The number of anilines is 1. The van der Waals surface area contributed by atoms with Gasteiger partial charge in [0.2, 0.25) is 27.2 Å². The van der Waals surface area contributed by atoms with E-state index in [1.165, 1.54) is 30.3 Å². The molecule has 0 radical (unpaired) electrons. The Labute approximate surface area is 441 Å². The van der Waals surface area contributed by atoms with Crippen molar-refractivity contribution in [2.75, 3.05) is 39.1 Å². The van der Waals surface area contributed by atoms with Gasteiger partial charge in [-0.05, 0) is 161 Å². The molecule has 0 heterocycles. The van der Waals surface area contributed by atoms with E-state index >= 15 is 0 Å². The Hall–Kier alpha value is -6.80. The highest BCUT2D eigenvalue weighted by atomic mass is 31.2. The summed E-state index contributed by atoms with van der Waals surface area (Å²) in [4.78, 5) is 76.4. The smallest absolute Gasteiger partial charge is 0.484 e. The van der Waals surface area contributed by atoms with Gasteiger partial charge in [-0.3, -0.25) is 28.8 Å². The van der Waals surface area contributed by atoms with E-state index < -0.39 is 118 Å². The van der Waals surface area contributed by atoms with Crippen LogP contribution in [0.5, 0.6) is 28.7 Å². The Kier molecular flexibility index (Phi) is 21.8. The van der Waals surface area contributed by atoms with Crippen LogP contribution in [0.3, 0.4) is 0 Å². The zero-order valence-electron chi connectivity index (χ0n) is 44.5. The Morgan fingerprint density at radius 2 is 0.882 bits per heavy atom. The van der Waals surface area contributed by atoms with Crippen LogP contribution in [0.25, 0.3) is 0 Å². The summed E-state index contributed by atoms with van der Waals surface area (Å²) in [6.45, 7) is 13.9. The molecule has 0 aromatic heterocycles. The summed E-state index contributed by atoms with van der Waals surface area (Å²) in [7, 11) is -10.1. The standard InChI is InChI=1S/C52H66N2O20P2/c1-49(2,3)45(57)64-31-68-75(61,69-32-65-46(58)50(4,5)6)73-41-27-18-35(28-42(41)74-76(62,70-33-66-47(59)51(7,8)9)71-34-67-48(60)52(10,11)12)29-53-43(55)30-63-38-23-19-36(20-24-38)44(56)54-37-21-25-40(26-22-37)72-39-16-14-13-15-17-39/h13-28H,29-34H2,1-12H3,(H,53,55)(H,54,56). The van der Waals surface area contributed by atoms with Crippen LogP contribution in [0.15, 0.2) is 97.1 Å². The van der Waals surface area contributed by atoms with Gasteiger partial charge < -0.3 is 48.1 Å². The predicted molar refractivity (Wildman–Crippen MR) is 274 cm³/mol. The van der Waals surface area contributed by atoms with Crippen molar-refractivity contribution in [3.63, 3.8) is 0 Å². The molecule has 22 nitrogen and oxygen atoms in total. The molecule has 0 aliphatic heterocycles. The Morgan fingerprint density at radius 1 is 0.474 bits per heavy atom. The number of carbonyl (C=O) groups excluding carboxylic acids is 6. The third-order valence-electron chi connectivity index (χ3n) is 9.55. The minimum Gasteiger partial charge on any atom is -0.484 e. The van der Waals surface area contributed by atoms with E-state index in [-0.39, 0.29) is 17.9 Å². The molecule has 2 amide bonds. The molecule has 0 aliphatic rings. The number of nitrogens with one attached hydrogen (secondary N) is 2. The number of phosphoric acid groups is 2. The topological polar surface area (TPSA) is 271 Å². The van der Waals surface area contributed by atoms with Gasteiger partial charge in [0.15, 0.2) is 18.1 Å². The molecule has 4 aromatic carbocycles. The minimum absolute atomic E-state index is 0.212. The first-order valence-corrected chi connectivity index (χ1v) is 26.4. The van der Waals surface area contributed by atoms with Gasteiger partial charge in [-0.25, -0.2) is 27.2 Å². The van der Waals surface area contributed by atoms with Crippen LogP contribution in [0.4, 0.5) is 5.69 Å². The summed E-state index contributed by atoms with van der Waals surface area (Å²) in [5, 5.41) is 5.45. The van der Waals surface area contributed by atoms with Gasteiger partial charge in [-0.1, -0.05) is 24.3 Å². The molecule has 2 N–H and O–H groups in total. The van der Waals surface area contributed by atoms with E-state index in [0.717, 1.165) is 12.1 Å². The highest BCUT2D eigenvalue weighted by Crippen LogP contribution is 2.56. The molecule has 0 aliphatic carbocycles. The van der Waals surface area contributed by atoms with Crippen molar-refractivity contribution in [1.29, 1.82) is 0 Å². The van der Waals surface area contributed by atoms with Crippen LogP contribution < -0.4 is 29.2 Å². The lowest BCUT2D eigenvalue weighted by molar-refractivity contribution is -0.165. The number of para-hydroxylation sites is 1. The van der Waals surface area contributed by atoms with Gasteiger partial charge >= 0.3 is 39.5 Å². The van der Waals surface area contributed by atoms with E-state index in [1.807, 2.05) is 30.3 Å². The molecule has 0 bridgehead atoms. The Balaban J connectivity index is 1.54. The highest BCUT2D eigenvalue weighted by molar-refractivity contribution is 7.49. The quantitative estimate of drug-likeness (QED) is 0.0270. The molecule has 76 heavy (non-hydrogen) atoms. The van der Waals surface area contributed by atoms with Gasteiger partial charge in [0.05, 0.1) is 21.7 Å². The van der Waals surface area contributed by atoms with Gasteiger partial charge in [0.25, 0.3) is 11.8 Å². The maximum absolute atomic E-state index is 14.4. The number of phosphoric ester groups is 2.